The number of benzene rings is 2. The third-order valence-electron chi connectivity index (χ3n) is 3.37. The van der Waals surface area contributed by atoms with Gasteiger partial charge in [-0.05, 0) is 67.8 Å². The van der Waals surface area contributed by atoms with Crippen molar-refractivity contribution >= 4 is 32.6 Å². The van der Waals surface area contributed by atoms with Crippen LogP contribution in [-0.2, 0) is 14.8 Å². The zero-order valence-electron chi connectivity index (χ0n) is 13.2. The lowest BCUT2D eigenvalue weighted by atomic mass is 10.1. The molecule has 2 rings (SSSR count). The maximum Gasteiger partial charge on any atom is 0.264 e. The SMILES string of the molecule is Cc1ccc(S(=O)(=O)N(CC(=O)Cl)c2cc(C)cc(C)c2)cc1. The van der Waals surface area contributed by atoms with E-state index in [0.717, 1.165) is 21.0 Å². The first kappa shape index (κ1) is 17.5. The van der Waals surface area contributed by atoms with Gasteiger partial charge in [-0.2, -0.15) is 0 Å². The van der Waals surface area contributed by atoms with Crippen molar-refractivity contribution in [3.63, 3.8) is 0 Å². The molecule has 4 nitrogen and oxygen atoms in total. The quantitative estimate of drug-likeness (QED) is 0.774. The third-order valence-corrected chi connectivity index (χ3v) is 5.28. The fourth-order valence-electron chi connectivity index (χ4n) is 2.36. The van der Waals surface area contributed by atoms with E-state index in [1.165, 1.54) is 12.1 Å². The summed E-state index contributed by atoms with van der Waals surface area (Å²) in [7, 11) is -3.87. The molecule has 0 amide bonds. The number of anilines is 1. The molecule has 23 heavy (non-hydrogen) atoms. The minimum atomic E-state index is -3.87. The number of hydrogen-bond donors (Lipinski definition) is 0. The Balaban J connectivity index is 2.57. The molecule has 0 atom stereocenters. The lowest BCUT2D eigenvalue weighted by Gasteiger charge is -2.24. The fourth-order valence-corrected chi connectivity index (χ4v) is 3.96. The second-order valence-corrected chi connectivity index (χ2v) is 7.81. The molecule has 0 radical (unpaired) electrons. The highest BCUT2D eigenvalue weighted by Crippen LogP contribution is 2.26. The Morgan fingerprint density at radius 2 is 1.48 bits per heavy atom. The van der Waals surface area contributed by atoms with Gasteiger partial charge in [0.1, 0.15) is 6.54 Å². The highest BCUT2D eigenvalue weighted by atomic mass is 35.5. The molecule has 0 unspecified atom stereocenters. The highest BCUT2D eigenvalue weighted by molar-refractivity contribution is 7.92. The number of rotatable bonds is 5. The van der Waals surface area contributed by atoms with Crippen LogP contribution in [0.4, 0.5) is 5.69 Å². The molecule has 0 aliphatic carbocycles. The number of sulfonamides is 1. The van der Waals surface area contributed by atoms with Gasteiger partial charge < -0.3 is 0 Å². The first-order valence-electron chi connectivity index (χ1n) is 7.06. The zero-order valence-corrected chi connectivity index (χ0v) is 14.8. The minimum Gasteiger partial charge on any atom is -0.279 e. The summed E-state index contributed by atoms with van der Waals surface area (Å²) in [5.74, 6) is 0. The van der Waals surface area contributed by atoms with Crippen LogP contribution in [0.25, 0.3) is 0 Å². The maximum absolute atomic E-state index is 12.9. The van der Waals surface area contributed by atoms with Crippen LogP contribution in [0.2, 0.25) is 0 Å². The molecule has 0 bridgehead atoms. The Hall–Kier alpha value is -1.85. The van der Waals surface area contributed by atoms with Crippen LogP contribution in [0.15, 0.2) is 47.4 Å². The first-order valence-corrected chi connectivity index (χ1v) is 8.88. The molecule has 122 valence electrons. The zero-order chi connectivity index (χ0) is 17.2. The lowest BCUT2D eigenvalue weighted by molar-refractivity contribution is -0.110. The normalized spacial score (nSPS) is 11.3. The van der Waals surface area contributed by atoms with E-state index in [4.69, 9.17) is 11.6 Å². The number of carbonyl (C=O) groups is 1. The van der Waals surface area contributed by atoms with Gasteiger partial charge in [-0.25, -0.2) is 8.42 Å². The molecule has 2 aromatic carbocycles. The Morgan fingerprint density at radius 1 is 0.957 bits per heavy atom. The van der Waals surface area contributed by atoms with Gasteiger partial charge in [0.15, 0.2) is 0 Å². The topological polar surface area (TPSA) is 54.5 Å². The average molecular weight is 352 g/mol. The van der Waals surface area contributed by atoms with Crippen molar-refractivity contribution in [2.24, 2.45) is 0 Å². The smallest absolute Gasteiger partial charge is 0.264 e. The summed E-state index contributed by atoms with van der Waals surface area (Å²) < 4.78 is 26.9. The van der Waals surface area contributed by atoms with E-state index in [1.807, 2.05) is 26.8 Å². The molecule has 0 fully saturated rings. The van der Waals surface area contributed by atoms with Crippen molar-refractivity contribution in [2.75, 3.05) is 10.8 Å². The summed E-state index contributed by atoms with van der Waals surface area (Å²) in [6.45, 7) is 5.20. The minimum absolute atomic E-state index is 0.125. The lowest BCUT2D eigenvalue weighted by Crippen LogP contribution is -2.34. The third kappa shape index (κ3) is 4.12. The van der Waals surface area contributed by atoms with Gasteiger partial charge in [0.2, 0.25) is 5.24 Å². The molecule has 0 aliphatic rings. The Bertz CT molecular complexity index is 809. The summed E-state index contributed by atoms with van der Waals surface area (Å²) >= 11 is 5.48. The predicted octanol–water partition coefficient (Wildman–Crippen LogP) is 3.57. The molecule has 0 saturated carbocycles. The fraction of sp³-hybridized carbons (Fsp3) is 0.235. The van der Waals surface area contributed by atoms with E-state index in [9.17, 15) is 13.2 Å². The monoisotopic (exact) mass is 351 g/mol. The molecule has 0 heterocycles. The van der Waals surface area contributed by atoms with Crippen LogP contribution < -0.4 is 4.31 Å². The van der Waals surface area contributed by atoms with E-state index in [1.54, 1.807) is 24.3 Å². The van der Waals surface area contributed by atoms with E-state index in [2.05, 4.69) is 0 Å². The Kier molecular flexibility index (Phi) is 5.12. The molecular weight excluding hydrogens is 334 g/mol. The van der Waals surface area contributed by atoms with Crippen molar-refractivity contribution in [2.45, 2.75) is 25.7 Å². The molecule has 0 aliphatic heterocycles. The first-order chi connectivity index (χ1) is 10.7. The average Bonchev–Trinajstić information content (AvgIpc) is 2.43. The van der Waals surface area contributed by atoms with Crippen molar-refractivity contribution in [1.29, 1.82) is 0 Å². The van der Waals surface area contributed by atoms with Gasteiger partial charge in [-0.3, -0.25) is 9.10 Å². The van der Waals surface area contributed by atoms with Crippen LogP contribution in [0, 0.1) is 20.8 Å². The van der Waals surface area contributed by atoms with Crippen LogP contribution in [-0.4, -0.2) is 20.2 Å². The molecule has 2 aromatic rings. The van der Waals surface area contributed by atoms with Gasteiger partial charge in [-0.1, -0.05) is 23.8 Å². The standard InChI is InChI=1S/C17H18ClNO3S/c1-12-4-6-16(7-5-12)23(21,22)19(11-17(18)20)15-9-13(2)8-14(3)10-15/h4-10H,11H2,1-3H3. The largest absolute Gasteiger partial charge is 0.279 e. The van der Waals surface area contributed by atoms with E-state index < -0.39 is 21.8 Å². The summed E-state index contributed by atoms with van der Waals surface area (Å²) in [5.41, 5.74) is 3.20. The Morgan fingerprint density at radius 3 is 1.96 bits per heavy atom. The van der Waals surface area contributed by atoms with Crippen molar-refractivity contribution in [3.05, 3.63) is 59.2 Å². The van der Waals surface area contributed by atoms with E-state index in [0.29, 0.717) is 5.69 Å². The number of carbonyl (C=O) groups excluding carboxylic acids is 1. The number of halogens is 1. The maximum atomic E-state index is 12.9. The predicted molar refractivity (Wildman–Crippen MR) is 92.5 cm³/mol. The van der Waals surface area contributed by atoms with Crippen molar-refractivity contribution in [1.82, 2.24) is 0 Å². The van der Waals surface area contributed by atoms with Crippen molar-refractivity contribution < 1.29 is 13.2 Å². The van der Waals surface area contributed by atoms with Crippen molar-refractivity contribution in [3.8, 4) is 0 Å². The van der Waals surface area contributed by atoms with E-state index in [-0.39, 0.29) is 4.90 Å². The van der Waals surface area contributed by atoms with Crippen LogP contribution in [0.3, 0.4) is 0 Å². The van der Waals surface area contributed by atoms with E-state index >= 15 is 0 Å². The highest BCUT2D eigenvalue weighted by Gasteiger charge is 2.26. The van der Waals surface area contributed by atoms with Crippen LogP contribution >= 0.6 is 11.6 Å². The summed E-state index contributed by atoms with van der Waals surface area (Å²) in [6.07, 6.45) is 0. The second kappa shape index (κ2) is 6.72. The number of aryl methyl sites for hydroxylation is 3. The molecule has 0 saturated heterocycles. The van der Waals surface area contributed by atoms with Gasteiger partial charge in [0.25, 0.3) is 10.0 Å². The molecule has 0 aromatic heterocycles. The van der Waals surface area contributed by atoms with Crippen LogP contribution in [0.1, 0.15) is 16.7 Å². The Labute approximate surface area is 141 Å². The summed E-state index contributed by atoms with van der Waals surface area (Å²) in [5, 5.41) is -0.736. The molecule has 0 N–H and O–H groups in total. The number of nitrogens with zero attached hydrogens (tertiary/aromatic N) is 1. The van der Waals surface area contributed by atoms with Gasteiger partial charge in [0, 0.05) is 0 Å². The number of hydrogen-bond acceptors (Lipinski definition) is 3. The van der Waals surface area contributed by atoms with Gasteiger partial charge >= 0.3 is 0 Å². The van der Waals surface area contributed by atoms with Crippen LogP contribution in [0.5, 0.6) is 0 Å². The molecule has 0 spiro atoms. The van der Waals surface area contributed by atoms with Gasteiger partial charge in [-0.15, -0.1) is 0 Å². The molecular formula is C17H18ClNO3S. The van der Waals surface area contributed by atoms with Gasteiger partial charge in [0.05, 0.1) is 10.6 Å². The summed E-state index contributed by atoms with van der Waals surface area (Å²) in [4.78, 5) is 11.5. The molecule has 6 heteroatoms. The summed E-state index contributed by atoms with van der Waals surface area (Å²) in [6, 6.07) is 11.9. The second-order valence-electron chi connectivity index (χ2n) is 5.53.